The number of carboxylic acid groups (broad SMARTS) is 1. The molecule has 0 aliphatic heterocycles. The molecular weight excluding hydrogens is 232 g/mol. The van der Waals surface area contributed by atoms with Crippen LogP contribution in [0.5, 0.6) is 0 Å². The third-order valence-corrected chi connectivity index (χ3v) is 3.04. The summed E-state index contributed by atoms with van der Waals surface area (Å²) < 4.78 is 0. The fourth-order valence-electron chi connectivity index (χ4n) is 1.73. The predicted octanol–water partition coefficient (Wildman–Crippen LogP) is 1.94. The summed E-state index contributed by atoms with van der Waals surface area (Å²) in [6.45, 7) is 0.665. The Hall–Kier alpha value is -2.04. The molecule has 1 aliphatic carbocycles. The van der Waals surface area contributed by atoms with Crippen LogP contribution in [0, 0.1) is 5.92 Å². The van der Waals surface area contributed by atoms with Gasteiger partial charge in [0.05, 0.1) is 11.3 Å². The van der Waals surface area contributed by atoms with Crippen molar-refractivity contribution in [3.63, 3.8) is 0 Å². The number of carbonyl (C=O) groups excluding carboxylic acids is 1. The molecule has 2 N–H and O–H groups in total. The van der Waals surface area contributed by atoms with Crippen LogP contribution in [-0.4, -0.2) is 30.7 Å². The number of urea groups is 1. The molecule has 1 aromatic carbocycles. The average Bonchev–Trinajstić information content (AvgIpc) is 3.19. The molecule has 1 fully saturated rings. The van der Waals surface area contributed by atoms with Gasteiger partial charge in [-0.25, -0.2) is 9.59 Å². The van der Waals surface area contributed by atoms with E-state index in [0.717, 1.165) is 12.8 Å². The van der Waals surface area contributed by atoms with Gasteiger partial charge in [-0.3, -0.25) is 4.90 Å². The lowest BCUT2D eigenvalue weighted by molar-refractivity contribution is 0.0697. The van der Waals surface area contributed by atoms with Gasteiger partial charge in [-0.2, -0.15) is 0 Å². The van der Waals surface area contributed by atoms with Crippen LogP contribution >= 0.6 is 0 Å². The van der Waals surface area contributed by atoms with E-state index >= 15 is 0 Å². The second-order valence-electron chi connectivity index (χ2n) is 4.51. The number of anilines is 1. The quantitative estimate of drug-likeness (QED) is 0.855. The lowest BCUT2D eigenvalue weighted by Crippen LogP contribution is -2.38. The van der Waals surface area contributed by atoms with Crippen molar-refractivity contribution in [2.24, 2.45) is 5.92 Å². The highest BCUT2D eigenvalue weighted by Crippen LogP contribution is 2.27. The molecule has 0 spiro atoms. The van der Waals surface area contributed by atoms with Crippen LogP contribution in [0.3, 0.4) is 0 Å². The molecule has 1 saturated carbocycles. The first kappa shape index (κ1) is 12.4. The molecule has 0 bridgehead atoms. The topological polar surface area (TPSA) is 69.6 Å². The summed E-state index contributed by atoms with van der Waals surface area (Å²) in [5.41, 5.74) is 0.528. The highest BCUT2D eigenvalue weighted by Gasteiger charge is 2.23. The number of carbonyl (C=O) groups is 2. The Morgan fingerprint density at radius 3 is 2.67 bits per heavy atom. The van der Waals surface area contributed by atoms with Crippen molar-refractivity contribution in [3.8, 4) is 0 Å². The number of nitrogens with zero attached hydrogens (tertiary/aromatic N) is 1. The van der Waals surface area contributed by atoms with E-state index < -0.39 is 5.97 Å². The minimum absolute atomic E-state index is 0.126. The van der Waals surface area contributed by atoms with Crippen LogP contribution in [0.2, 0.25) is 0 Å². The number of carboxylic acids is 1. The summed E-state index contributed by atoms with van der Waals surface area (Å²) in [5, 5.41) is 11.9. The first-order valence-corrected chi connectivity index (χ1v) is 5.93. The Balaban J connectivity index is 2.08. The Kier molecular flexibility index (Phi) is 3.50. The normalized spacial score (nSPS) is 14.1. The molecule has 0 heterocycles. The summed E-state index contributed by atoms with van der Waals surface area (Å²) >= 11 is 0. The van der Waals surface area contributed by atoms with Gasteiger partial charge in [0.25, 0.3) is 0 Å². The fraction of sp³-hybridized carbons (Fsp3) is 0.385. The van der Waals surface area contributed by atoms with E-state index in [9.17, 15) is 9.59 Å². The molecule has 0 saturated heterocycles. The van der Waals surface area contributed by atoms with Crippen molar-refractivity contribution in [1.29, 1.82) is 0 Å². The van der Waals surface area contributed by atoms with E-state index in [1.807, 2.05) is 0 Å². The smallest absolute Gasteiger partial charge is 0.337 e. The van der Waals surface area contributed by atoms with Crippen LogP contribution in [0.25, 0.3) is 0 Å². The van der Waals surface area contributed by atoms with E-state index in [0.29, 0.717) is 18.2 Å². The first-order chi connectivity index (χ1) is 8.59. The maximum absolute atomic E-state index is 11.9. The number of rotatable bonds is 4. The standard InChI is InChI=1S/C13H16N2O3/c1-15(13(18)14-8-9-6-7-9)11-5-3-2-4-10(11)12(16)17/h2-5,9H,6-8H2,1H3,(H,14,18)(H,16,17). The third-order valence-electron chi connectivity index (χ3n) is 3.04. The van der Waals surface area contributed by atoms with Crippen LogP contribution in [0.4, 0.5) is 10.5 Å². The van der Waals surface area contributed by atoms with E-state index in [1.165, 1.54) is 11.0 Å². The zero-order valence-corrected chi connectivity index (χ0v) is 10.2. The number of hydrogen-bond acceptors (Lipinski definition) is 2. The number of benzene rings is 1. The Labute approximate surface area is 105 Å². The molecule has 1 aliphatic rings. The van der Waals surface area contributed by atoms with Crippen molar-refractivity contribution in [3.05, 3.63) is 29.8 Å². The molecule has 0 radical (unpaired) electrons. The van der Waals surface area contributed by atoms with Crippen molar-refractivity contribution >= 4 is 17.7 Å². The molecule has 96 valence electrons. The second-order valence-corrected chi connectivity index (χ2v) is 4.51. The number of hydrogen-bond donors (Lipinski definition) is 2. The van der Waals surface area contributed by atoms with Gasteiger partial charge in [-0.15, -0.1) is 0 Å². The van der Waals surface area contributed by atoms with Crippen molar-refractivity contribution in [2.75, 3.05) is 18.5 Å². The van der Waals surface area contributed by atoms with Crippen molar-refractivity contribution in [1.82, 2.24) is 5.32 Å². The molecule has 2 amide bonds. The fourth-order valence-corrected chi connectivity index (χ4v) is 1.73. The summed E-state index contributed by atoms with van der Waals surface area (Å²) in [7, 11) is 1.57. The minimum Gasteiger partial charge on any atom is -0.478 e. The van der Waals surface area contributed by atoms with Crippen LogP contribution in [-0.2, 0) is 0 Å². The number of para-hydroxylation sites is 1. The maximum atomic E-state index is 11.9. The highest BCUT2D eigenvalue weighted by molar-refractivity contribution is 6.01. The summed E-state index contributed by atoms with van der Waals surface area (Å²) in [4.78, 5) is 24.3. The van der Waals surface area contributed by atoms with Crippen LogP contribution in [0.1, 0.15) is 23.2 Å². The predicted molar refractivity (Wildman–Crippen MR) is 67.9 cm³/mol. The Morgan fingerprint density at radius 2 is 2.06 bits per heavy atom. The largest absolute Gasteiger partial charge is 0.478 e. The second kappa shape index (κ2) is 5.08. The summed E-state index contributed by atoms with van der Waals surface area (Å²) in [6.07, 6.45) is 2.32. The zero-order valence-electron chi connectivity index (χ0n) is 10.2. The van der Waals surface area contributed by atoms with Crippen molar-refractivity contribution in [2.45, 2.75) is 12.8 Å². The van der Waals surface area contributed by atoms with E-state index in [4.69, 9.17) is 5.11 Å². The highest BCUT2D eigenvalue weighted by atomic mass is 16.4. The monoisotopic (exact) mass is 248 g/mol. The lowest BCUT2D eigenvalue weighted by Gasteiger charge is -2.19. The summed E-state index contributed by atoms with van der Waals surface area (Å²) in [6, 6.07) is 6.20. The van der Waals surface area contributed by atoms with Gasteiger partial charge in [0.15, 0.2) is 0 Å². The molecule has 0 atom stereocenters. The molecule has 0 unspecified atom stereocenters. The third kappa shape index (κ3) is 2.80. The van der Waals surface area contributed by atoms with Gasteiger partial charge in [0.2, 0.25) is 0 Å². The minimum atomic E-state index is -1.03. The number of aromatic carboxylic acids is 1. The van der Waals surface area contributed by atoms with E-state index in [1.54, 1.807) is 25.2 Å². The SMILES string of the molecule is CN(C(=O)NCC1CC1)c1ccccc1C(=O)O. The van der Waals surface area contributed by atoms with Gasteiger partial charge >= 0.3 is 12.0 Å². The van der Waals surface area contributed by atoms with Gasteiger partial charge < -0.3 is 10.4 Å². The number of amides is 2. The molecule has 2 rings (SSSR count). The molecule has 5 heteroatoms. The molecule has 5 nitrogen and oxygen atoms in total. The van der Waals surface area contributed by atoms with Crippen LogP contribution in [0.15, 0.2) is 24.3 Å². The number of nitrogens with one attached hydrogen (secondary N) is 1. The Morgan fingerprint density at radius 1 is 1.39 bits per heavy atom. The zero-order chi connectivity index (χ0) is 13.1. The first-order valence-electron chi connectivity index (χ1n) is 5.93. The molecule has 18 heavy (non-hydrogen) atoms. The molecule has 0 aromatic heterocycles. The van der Waals surface area contributed by atoms with E-state index in [2.05, 4.69) is 5.32 Å². The van der Waals surface area contributed by atoms with Crippen molar-refractivity contribution < 1.29 is 14.7 Å². The van der Waals surface area contributed by atoms with E-state index in [-0.39, 0.29) is 11.6 Å². The maximum Gasteiger partial charge on any atom is 0.337 e. The van der Waals surface area contributed by atoms with Gasteiger partial charge in [-0.1, -0.05) is 12.1 Å². The van der Waals surface area contributed by atoms with Gasteiger partial charge in [-0.05, 0) is 30.9 Å². The average molecular weight is 248 g/mol. The molecular formula is C13H16N2O3. The van der Waals surface area contributed by atoms with Crippen LogP contribution < -0.4 is 10.2 Å². The lowest BCUT2D eigenvalue weighted by atomic mass is 10.1. The van der Waals surface area contributed by atoms with Gasteiger partial charge in [0, 0.05) is 13.6 Å². The molecule has 1 aromatic rings. The Bertz CT molecular complexity index is 469. The van der Waals surface area contributed by atoms with Gasteiger partial charge in [0.1, 0.15) is 0 Å². The summed E-state index contributed by atoms with van der Waals surface area (Å²) in [5.74, 6) is -0.440.